The van der Waals surface area contributed by atoms with Crippen LogP contribution in [0, 0.1) is 11.8 Å². The Morgan fingerprint density at radius 3 is 2.16 bits per heavy atom. The molecule has 4 heteroatoms. The van der Waals surface area contributed by atoms with Gasteiger partial charge < -0.3 is 10.2 Å². The highest BCUT2D eigenvalue weighted by atomic mass is 16.2. The monoisotopic (exact) mass is 265 g/mol. The molecule has 3 aliphatic rings. The Hall–Kier alpha value is -0.610. The average Bonchev–Trinajstić information content (AvgIpc) is 3.02. The number of carbonyl (C=O) groups is 1. The van der Waals surface area contributed by atoms with Crippen molar-refractivity contribution in [2.24, 2.45) is 11.8 Å². The van der Waals surface area contributed by atoms with Gasteiger partial charge in [-0.15, -0.1) is 0 Å². The van der Waals surface area contributed by atoms with Crippen molar-refractivity contribution in [2.45, 2.75) is 51.7 Å². The summed E-state index contributed by atoms with van der Waals surface area (Å²) >= 11 is 0. The fourth-order valence-corrected chi connectivity index (χ4v) is 4.41. The van der Waals surface area contributed by atoms with Gasteiger partial charge in [0.05, 0.1) is 6.04 Å². The third-order valence-electron chi connectivity index (χ3n) is 5.53. The molecule has 0 aliphatic carbocycles. The maximum atomic E-state index is 12.7. The van der Waals surface area contributed by atoms with E-state index in [4.69, 9.17) is 0 Å². The zero-order valence-corrected chi connectivity index (χ0v) is 12.4. The van der Waals surface area contributed by atoms with E-state index < -0.39 is 0 Å². The van der Waals surface area contributed by atoms with Crippen LogP contribution in [0.1, 0.15) is 33.6 Å². The van der Waals surface area contributed by atoms with Gasteiger partial charge in [0.25, 0.3) is 0 Å². The summed E-state index contributed by atoms with van der Waals surface area (Å²) < 4.78 is 0. The number of hydrogen-bond donors (Lipinski definition) is 1. The number of hydrogen-bond acceptors (Lipinski definition) is 3. The number of fused-ring (bicyclic) bond motifs is 1. The van der Waals surface area contributed by atoms with E-state index in [-0.39, 0.29) is 6.04 Å². The van der Waals surface area contributed by atoms with E-state index in [1.54, 1.807) is 0 Å². The third-order valence-corrected chi connectivity index (χ3v) is 5.53. The lowest BCUT2D eigenvalue weighted by atomic mass is 10.0. The number of nitrogens with one attached hydrogen (secondary N) is 1. The number of rotatable bonds is 2. The SMILES string of the molecule is CC1CCC(C)N1C(C)C(=O)N1CC2CNCC2C1. The lowest BCUT2D eigenvalue weighted by Gasteiger charge is -2.34. The smallest absolute Gasteiger partial charge is 0.239 e. The fourth-order valence-electron chi connectivity index (χ4n) is 4.41. The van der Waals surface area contributed by atoms with Gasteiger partial charge in [0.2, 0.25) is 5.91 Å². The molecule has 1 N–H and O–H groups in total. The highest BCUT2D eigenvalue weighted by Crippen LogP contribution is 2.30. The molecule has 0 radical (unpaired) electrons. The van der Waals surface area contributed by atoms with Gasteiger partial charge in [0.15, 0.2) is 0 Å². The van der Waals surface area contributed by atoms with Gasteiger partial charge in [-0.25, -0.2) is 0 Å². The third kappa shape index (κ3) is 2.29. The van der Waals surface area contributed by atoms with Crippen molar-refractivity contribution in [3.63, 3.8) is 0 Å². The van der Waals surface area contributed by atoms with Gasteiger partial charge in [-0.2, -0.15) is 0 Å². The highest BCUT2D eigenvalue weighted by molar-refractivity contribution is 5.82. The second-order valence-corrected chi connectivity index (χ2v) is 6.82. The lowest BCUT2D eigenvalue weighted by molar-refractivity contribution is -0.136. The Labute approximate surface area is 116 Å². The normalized spacial score (nSPS) is 40.7. The number of likely N-dealkylation sites (tertiary alicyclic amines) is 2. The molecule has 0 saturated carbocycles. The van der Waals surface area contributed by atoms with Crippen molar-refractivity contribution < 1.29 is 4.79 Å². The molecule has 3 heterocycles. The summed E-state index contributed by atoms with van der Waals surface area (Å²) in [6, 6.07) is 1.16. The first-order valence-electron chi connectivity index (χ1n) is 7.85. The van der Waals surface area contributed by atoms with E-state index in [1.807, 2.05) is 0 Å². The molecule has 3 rings (SSSR count). The van der Waals surface area contributed by atoms with Crippen molar-refractivity contribution >= 4 is 5.91 Å². The summed E-state index contributed by atoms with van der Waals surface area (Å²) in [7, 11) is 0. The van der Waals surface area contributed by atoms with E-state index in [1.165, 1.54) is 12.8 Å². The zero-order chi connectivity index (χ0) is 13.6. The summed E-state index contributed by atoms with van der Waals surface area (Å²) in [4.78, 5) is 17.3. The van der Waals surface area contributed by atoms with Crippen molar-refractivity contribution in [3.05, 3.63) is 0 Å². The van der Waals surface area contributed by atoms with Crippen LogP contribution in [-0.2, 0) is 4.79 Å². The second kappa shape index (κ2) is 5.06. The van der Waals surface area contributed by atoms with Crippen LogP contribution in [0.25, 0.3) is 0 Å². The predicted molar refractivity (Wildman–Crippen MR) is 75.9 cm³/mol. The minimum atomic E-state index is 0.0549. The molecule has 0 aromatic heterocycles. The summed E-state index contributed by atoms with van der Waals surface area (Å²) in [6.07, 6.45) is 2.46. The number of amides is 1. The Morgan fingerprint density at radius 2 is 1.63 bits per heavy atom. The van der Waals surface area contributed by atoms with Crippen LogP contribution in [0.3, 0.4) is 0 Å². The average molecular weight is 265 g/mol. The topological polar surface area (TPSA) is 35.6 Å². The molecular formula is C15H27N3O. The molecule has 5 atom stereocenters. The number of carbonyl (C=O) groups excluding carboxylic acids is 1. The first-order valence-corrected chi connectivity index (χ1v) is 7.85. The minimum Gasteiger partial charge on any atom is -0.341 e. The van der Waals surface area contributed by atoms with Gasteiger partial charge in [-0.3, -0.25) is 9.69 Å². The van der Waals surface area contributed by atoms with E-state index in [9.17, 15) is 4.79 Å². The lowest BCUT2D eigenvalue weighted by Crippen LogP contribution is -2.50. The minimum absolute atomic E-state index is 0.0549. The second-order valence-electron chi connectivity index (χ2n) is 6.82. The molecule has 108 valence electrons. The van der Waals surface area contributed by atoms with Gasteiger partial charge in [0.1, 0.15) is 0 Å². The van der Waals surface area contributed by atoms with E-state index in [0.29, 0.717) is 29.8 Å². The van der Waals surface area contributed by atoms with Crippen molar-refractivity contribution in [3.8, 4) is 0 Å². The largest absolute Gasteiger partial charge is 0.341 e. The van der Waals surface area contributed by atoms with Crippen LogP contribution < -0.4 is 5.32 Å². The summed E-state index contributed by atoms with van der Waals surface area (Å²) in [5, 5.41) is 3.43. The maximum Gasteiger partial charge on any atom is 0.239 e. The summed E-state index contributed by atoms with van der Waals surface area (Å²) in [5.74, 6) is 1.75. The fraction of sp³-hybridized carbons (Fsp3) is 0.933. The van der Waals surface area contributed by atoms with Crippen LogP contribution >= 0.6 is 0 Å². The quantitative estimate of drug-likeness (QED) is 0.807. The maximum absolute atomic E-state index is 12.7. The van der Waals surface area contributed by atoms with Crippen LogP contribution in [0.4, 0.5) is 0 Å². The van der Waals surface area contributed by atoms with E-state index in [0.717, 1.165) is 26.2 Å². The first-order chi connectivity index (χ1) is 9.08. The first kappa shape index (κ1) is 13.4. The molecule has 0 aromatic carbocycles. The molecule has 3 aliphatic heterocycles. The predicted octanol–water partition coefficient (Wildman–Crippen LogP) is 0.926. The van der Waals surface area contributed by atoms with Crippen LogP contribution in [0.2, 0.25) is 0 Å². The molecule has 19 heavy (non-hydrogen) atoms. The van der Waals surface area contributed by atoms with Gasteiger partial charge in [0, 0.05) is 38.3 Å². The molecule has 4 nitrogen and oxygen atoms in total. The van der Waals surface area contributed by atoms with Crippen molar-refractivity contribution in [1.29, 1.82) is 0 Å². The Balaban J connectivity index is 1.64. The molecule has 3 saturated heterocycles. The summed E-state index contributed by atoms with van der Waals surface area (Å²) in [6.45, 7) is 10.8. The summed E-state index contributed by atoms with van der Waals surface area (Å²) in [5.41, 5.74) is 0. The standard InChI is InChI=1S/C15H27N3O/c1-10-4-5-11(2)18(10)12(3)15(19)17-8-13-6-16-7-14(13)9-17/h10-14,16H,4-9H2,1-3H3. The van der Waals surface area contributed by atoms with E-state index in [2.05, 4.69) is 35.9 Å². The Morgan fingerprint density at radius 1 is 1.11 bits per heavy atom. The van der Waals surface area contributed by atoms with Crippen molar-refractivity contribution in [1.82, 2.24) is 15.1 Å². The number of nitrogens with zero attached hydrogens (tertiary/aromatic N) is 2. The molecule has 5 unspecified atom stereocenters. The Kier molecular flexibility index (Phi) is 3.56. The van der Waals surface area contributed by atoms with Gasteiger partial charge in [-0.05, 0) is 45.4 Å². The van der Waals surface area contributed by atoms with Crippen LogP contribution in [0.15, 0.2) is 0 Å². The van der Waals surface area contributed by atoms with Crippen LogP contribution in [0.5, 0.6) is 0 Å². The molecule has 0 bridgehead atoms. The van der Waals surface area contributed by atoms with Gasteiger partial charge in [-0.1, -0.05) is 0 Å². The van der Waals surface area contributed by atoms with Crippen molar-refractivity contribution in [2.75, 3.05) is 26.2 Å². The molecule has 1 amide bonds. The molecular weight excluding hydrogens is 238 g/mol. The molecule has 0 spiro atoms. The molecule has 3 fully saturated rings. The van der Waals surface area contributed by atoms with Crippen LogP contribution in [-0.4, -0.2) is 60.0 Å². The highest BCUT2D eigenvalue weighted by Gasteiger charge is 2.42. The molecule has 0 aromatic rings. The van der Waals surface area contributed by atoms with Gasteiger partial charge >= 0.3 is 0 Å². The zero-order valence-electron chi connectivity index (χ0n) is 12.4. The van der Waals surface area contributed by atoms with E-state index >= 15 is 0 Å². The Bertz CT molecular complexity index is 337.